The van der Waals surface area contributed by atoms with Gasteiger partial charge in [0.1, 0.15) is 11.5 Å². The van der Waals surface area contributed by atoms with E-state index >= 15 is 0 Å². The second kappa shape index (κ2) is 8.35. The molecular formula is C21H22ClFN2O3. The van der Waals surface area contributed by atoms with Gasteiger partial charge in [-0.25, -0.2) is 4.39 Å². The Hall–Kier alpha value is -2.34. The summed E-state index contributed by atoms with van der Waals surface area (Å²) in [4.78, 5) is 20.3. The molecule has 5 nitrogen and oxygen atoms in total. The molecule has 0 radical (unpaired) electrons. The molecule has 2 heterocycles. The van der Waals surface area contributed by atoms with Crippen LogP contribution < -0.4 is 0 Å². The summed E-state index contributed by atoms with van der Waals surface area (Å²) in [6, 6.07) is 9.96. The monoisotopic (exact) mass is 404 g/mol. The zero-order valence-corrected chi connectivity index (χ0v) is 16.2. The molecule has 2 aliphatic rings. The topological polar surface area (TPSA) is 55.0 Å². The maximum absolute atomic E-state index is 14.2. The smallest absolute Gasteiger partial charge is 0.226 e. The van der Waals surface area contributed by atoms with Crippen LogP contribution in [0.15, 0.2) is 46.0 Å². The molecule has 0 N–H and O–H groups in total. The Morgan fingerprint density at radius 2 is 2.00 bits per heavy atom. The SMILES string of the molecule is O=C(C1CCCC1)N(Cc1ccccc1F)C[C@@H]1CC(c2ccc(Cl)o2)=NO1. The summed E-state index contributed by atoms with van der Waals surface area (Å²) in [5, 5.41) is 4.38. The second-order valence-corrected chi connectivity index (χ2v) is 7.74. The lowest BCUT2D eigenvalue weighted by molar-refractivity contribution is -0.137. The van der Waals surface area contributed by atoms with Gasteiger partial charge < -0.3 is 14.2 Å². The van der Waals surface area contributed by atoms with Crippen molar-refractivity contribution in [3.05, 3.63) is 58.8 Å². The lowest BCUT2D eigenvalue weighted by atomic mass is 10.0. The molecule has 4 rings (SSSR count). The van der Waals surface area contributed by atoms with E-state index in [1.165, 1.54) is 6.07 Å². The fourth-order valence-electron chi connectivity index (χ4n) is 3.88. The van der Waals surface area contributed by atoms with E-state index in [1.54, 1.807) is 35.2 Å². The van der Waals surface area contributed by atoms with E-state index in [0.717, 1.165) is 25.7 Å². The van der Waals surface area contributed by atoms with E-state index in [-0.39, 0.29) is 30.3 Å². The van der Waals surface area contributed by atoms with Gasteiger partial charge in [0, 0.05) is 24.4 Å². The number of carbonyl (C=O) groups is 1. The summed E-state index contributed by atoms with van der Waals surface area (Å²) in [7, 11) is 0. The molecule has 2 aromatic rings. The van der Waals surface area contributed by atoms with Gasteiger partial charge in [0.2, 0.25) is 5.91 Å². The quantitative estimate of drug-likeness (QED) is 0.695. The van der Waals surface area contributed by atoms with Gasteiger partial charge in [0.15, 0.2) is 17.1 Å². The number of oxime groups is 1. The highest BCUT2D eigenvalue weighted by Gasteiger charge is 2.32. The first-order valence-corrected chi connectivity index (χ1v) is 9.98. The van der Waals surface area contributed by atoms with E-state index in [1.807, 2.05) is 0 Å². The van der Waals surface area contributed by atoms with Crippen LogP contribution >= 0.6 is 11.6 Å². The lowest BCUT2D eigenvalue weighted by Crippen LogP contribution is -2.40. The minimum atomic E-state index is -0.304. The van der Waals surface area contributed by atoms with Crippen LogP contribution in [-0.2, 0) is 16.2 Å². The van der Waals surface area contributed by atoms with Crippen molar-refractivity contribution in [3.8, 4) is 0 Å². The number of rotatable bonds is 6. The van der Waals surface area contributed by atoms with Crippen molar-refractivity contribution in [2.45, 2.75) is 44.8 Å². The van der Waals surface area contributed by atoms with Crippen molar-refractivity contribution in [1.29, 1.82) is 0 Å². The average Bonchev–Trinajstić information content (AvgIpc) is 3.44. The minimum Gasteiger partial charge on any atom is -0.443 e. The van der Waals surface area contributed by atoms with Crippen molar-refractivity contribution in [2.24, 2.45) is 11.1 Å². The Balaban J connectivity index is 1.46. The van der Waals surface area contributed by atoms with Crippen LogP contribution in [0.1, 0.15) is 43.4 Å². The van der Waals surface area contributed by atoms with Gasteiger partial charge >= 0.3 is 0 Å². The number of carbonyl (C=O) groups excluding carboxylic acids is 1. The highest BCUT2D eigenvalue weighted by molar-refractivity contribution is 6.29. The van der Waals surface area contributed by atoms with Crippen LogP contribution in [-0.4, -0.2) is 29.2 Å². The first-order valence-electron chi connectivity index (χ1n) is 9.61. The fourth-order valence-corrected chi connectivity index (χ4v) is 4.03. The van der Waals surface area contributed by atoms with Crippen molar-refractivity contribution < 1.29 is 18.4 Å². The average molecular weight is 405 g/mol. The Labute approximate surface area is 168 Å². The van der Waals surface area contributed by atoms with Crippen molar-refractivity contribution in [3.63, 3.8) is 0 Å². The van der Waals surface area contributed by atoms with Crippen molar-refractivity contribution >= 4 is 23.2 Å². The molecule has 1 aromatic carbocycles. The van der Waals surface area contributed by atoms with Crippen LogP contribution in [0.25, 0.3) is 0 Å². The van der Waals surface area contributed by atoms with E-state index in [0.29, 0.717) is 35.2 Å². The van der Waals surface area contributed by atoms with E-state index in [9.17, 15) is 9.18 Å². The van der Waals surface area contributed by atoms with Gasteiger partial charge in [-0.1, -0.05) is 36.2 Å². The molecule has 1 aliphatic heterocycles. The molecule has 0 saturated heterocycles. The molecule has 1 amide bonds. The number of furan rings is 1. The molecule has 1 fully saturated rings. The molecule has 148 valence electrons. The Kier molecular flexibility index (Phi) is 5.67. The van der Waals surface area contributed by atoms with E-state index in [2.05, 4.69) is 5.16 Å². The normalized spacial score (nSPS) is 19.5. The number of amides is 1. The summed E-state index contributed by atoms with van der Waals surface area (Å²) < 4.78 is 19.6. The number of halogens is 2. The third-order valence-electron chi connectivity index (χ3n) is 5.35. The second-order valence-electron chi connectivity index (χ2n) is 7.36. The maximum Gasteiger partial charge on any atom is 0.226 e. The summed E-state index contributed by atoms with van der Waals surface area (Å²) in [6.45, 7) is 0.578. The summed E-state index contributed by atoms with van der Waals surface area (Å²) >= 11 is 5.83. The van der Waals surface area contributed by atoms with Crippen LogP contribution in [0, 0.1) is 11.7 Å². The van der Waals surface area contributed by atoms with Gasteiger partial charge in [-0.2, -0.15) is 0 Å². The van der Waals surface area contributed by atoms with Gasteiger partial charge in [0.25, 0.3) is 0 Å². The molecule has 1 saturated carbocycles. The van der Waals surface area contributed by atoms with Crippen LogP contribution in [0.2, 0.25) is 5.22 Å². The predicted molar refractivity (Wildman–Crippen MR) is 104 cm³/mol. The Bertz CT molecular complexity index is 876. The maximum atomic E-state index is 14.2. The molecular weight excluding hydrogens is 383 g/mol. The predicted octanol–water partition coefficient (Wildman–Crippen LogP) is 4.78. The zero-order chi connectivity index (χ0) is 19.5. The molecule has 0 bridgehead atoms. The molecule has 0 spiro atoms. The van der Waals surface area contributed by atoms with Gasteiger partial charge in [-0.05, 0) is 42.6 Å². The first-order chi connectivity index (χ1) is 13.6. The van der Waals surface area contributed by atoms with E-state index in [4.69, 9.17) is 20.9 Å². The summed E-state index contributed by atoms with van der Waals surface area (Å²) in [5.41, 5.74) is 1.17. The fraction of sp³-hybridized carbons (Fsp3) is 0.429. The first kappa shape index (κ1) is 19.0. The molecule has 1 aliphatic carbocycles. The number of hydrogen-bond acceptors (Lipinski definition) is 4. The van der Waals surface area contributed by atoms with Crippen molar-refractivity contribution in [1.82, 2.24) is 4.90 Å². The minimum absolute atomic E-state index is 0.0115. The van der Waals surface area contributed by atoms with Gasteiger partial charge in [-0.3, -0.25) is 4.79 Å². The lowest BCUT2D eigenvalue weighted by Gasteiger charge is -2.27. The summed E-state index contributed by atoms with van der Waals surface area (Å²) in [6.07, 6.45) is 4.13. The number of benzene rings is 1. The van der Waals surface area contributed by atoms with Crippen molar-refractivity contribution in [2.75, 3.05) is 6.54 Å². The Morgan fingerprint density at radius 1 is 1.21 bits per heavy atom. The third-order valence-corrected chi connectivity index (χ3v) is 5.55. The van der Waals surface area contributed by atoms with Crippen LogP contribution in [0.3, 0.4) is 0 Å². The summed E-state index contributed by atoms with van der Waals surface area (Å²) in [5.74, 6) is 0.341. The van der Waals surface area contributed by atoms with Gasteiger partial charge in [0.05, 0.1) is 6.54 Å². The van der Waals surface area contributed by atoms with Crippen LogP contribution in [0.4, 0.5) is 4.39 Å². The third kappa shape index (κ3) is 4.22. The molecule has 7 heteroatoms. The largest absolute Gasteiger partial charge is 0.443 e. The van der Waals surface area contributed by atoms with E-state index < -0.39 is 0 Å². The number of hydrogen-bond donors (Lipinski definition) is 0. The number of nitrogens with zero attached hydrogens (tertiary/aromatic N) is 2. The van der Waals surface area contributed by atoms with Crippen LogP contribution in [0.5, 0.6) is 0 Å². The van der Waals surface area contributed by atoms with Gasteiger partial charge in [-0.15, -0.1) is 0 Å². The molecule has 0 unspecified atom stereocenters. The molecule has 28 heavy (non-hydrogen) atoms. The highest BCUT2D eigenvalue weighted by Crippen LogP contribution is 2.28. The molecule has 1 aromatic heterocycles. The highest BCUT2D eigenvalue weighted by atomic mass is 35.5. The standard InChI is InChI=1S/C21H22ClFN2O3/c22-20-10-9-19(27-20)18-11-16(28-24-18)13-25(21(26)14-5-1-2-6-14)12-15-7-3-4-8-17(15)23/h3-4,7-10,14,16H,1-2,5-6,11-13H2/t16-/m0/s1. The Morgan fingerprint density at radius 3 is 2.71 bits per heavy atom. The molecule has 1 atom stereocenters. The zero-order valence-electron chi connectivity index (χ0n) is 15.4.